The van der Waals surface area contributed by atoms with Crippen molar-refractivity contribution < 1.29 is 9.53 Å². The van der Waals surface area contributed by atoms with Gasteiger partial charge in [-0.3, -0.25) is 0 Å². The Balaban J connectivity index is 2.29. The molecule has 1 heterocycles. The summed E-state index contributed by atoms with van der Waals surface area (Å²) >= 11 is 1.14. The third-order valence-electron chi connectivity index (χ3n) is 2.01. The number of anilines is 1. The first-order valence-electron chi connectivity index (χ1n) is 4.48. The van der Waals surface area contributed by atoms with Crippen LogP contribution >= 0.6 is 11.5 Å². The first-order chi connectivity index (χ1) is 7.70. The second-order valence-corrected chi connectivity index (χ2v) is 3.81. The Hall–Kier alpha value is -1.95. The Morgan fingerprint density at radius 2 is 2.06 bits per heavy atom. The van der Waals surface area contributed by atoms with E-state index < -0.39 is 0 Å². The van der Waals surface area contributed by atoms with Gasteiger partial charge < -0.3 is 10.5 Å². The minimum Gasteiger partial charge on any atom is -0.465 e. The molecule has 1 aromatic heterocycles. The molecule has 0 unspecified atom stereocenters. The zero-order chi connectivity index (χ0) is 11.5. The number of carbonyl (C=O) groups excluding carboxylic acids is 1. The third kappa shape index (κ3) is 2.01. The van der Waals surface area contributed by atoms with Gasteiger partial charge in [0, 0.05) is 17.1 Å². The number of methoxy groups -OCH3 is 1. The van der Waals surface area contributed by atoms with Crippen molar-refractivity contribution in [3.05, 3.63) is 29.8 Å². The number of carbonyl (C=O) groups is 1. The first-order valence-corrected chi connectivity index (χ1v) is 5.26. The van der Waals surface area contributed by atoms with Gasteiger partial charge in [0.1, 0.15) is 0 Å². The molecule has 6 heteroatoms. The molecule has 0 saturated heterocycles. The fourth-order valence-corrected chi connectivity index (χ4v) is 1.68. The molecule has 0 bridgehead atoms. The predicted octanol–water partition coefficient (Wildman–Crippen LogP) is 1.57. The van der Waals surface area contributed by atoms with Crippen molar-refractivity contribution in [3.8, 4) is 11.4 Å². The minimum atomic E-state index is -0.364. The predicted molar refractivity (Wildman–Crippen MR) is 61.1 cm³/mol. The van der Waals surface area contributed by atoms with Gasteiger partial charge in [-0.05, 0) is 12.1 Å². The minimum absolute atomic E-state index is 0.364. The maximum absolute atomic E-state index is 11.2. The number of hydrogen-bond donors (Lipinski definition) is 1. The number of ether oxygens (including phenoxy) is 1. The second kappa shape index (κ2) is 4.28. The Bertz CT molecular complexity index is 507. The number of nitrogens with two attached hydrogens (primary N) is 1. The zero-order valence-electron chi connectivity index (χ0n) is 8.51. The Morgan fingerprint density at radius 1 is 1.38 bits per heavy atom. The fourth-order valence-electron chi connectivity index (χ4n) is 1.23. The van der Waals surface area contributed by atoms with E-state index in [1.54, 1.807) is 24.3 Å². The number of hydrogen-bond acceptors (Lipinski definition) is 6. The molecule has 0 aliphatic carbocycles. The molecule has 5 nitrogen and oxygen atoms in total. The average molecular weight is 235 g/mol. The van der Waals surface area contributed by atoms with Crippen molar-refractivity contribution in [2.75, 3.05) is 12.8 Å². The maximum Gasteiger partial charge on any atom is 0.337 e. The molecule has 16 heavy (non-hydrogen) atoms. The molecule has 2 N–H and O–H groups in total. The summed E-state index contributed by atoms with van der Waals surface area (Å²) < 4.78 is 8.67. The fraction of sp³-hybridized carbons (Fsp3) is 0.100. The van der Waals surface area contributed by atoms with Gasteiger partial charge in [-0.1, -0.05) is 12.1 Å². The van der Waals surface area contributed by atoms with Gasteiger partial charge in [-0.2, -0.15) is 9.36 Å². The molecule has 0 amide bonds. The smallest absolute Gasteiger partial charge is 0.337 e. The lowest BCUT2D eigenvalue weighted by molar-refractivity contribution is 0.0601. The highest BCUT2D eigenvalue weighted by molar-refractivity contribution is 7.09. The molecule has 0 saturated carbocycles. The van der Waals surface area contributed by atoms with E-state index in [4.69, 9.17) is 5.73 Å². The molecule has 1 aromatic carbocycles. The molecule has 2 aromatic rings. The van der Waals surface area contributed by atoms with Crippen LogP contribution in [0.2, 0.25) is 0 Å². The van der Waals surface area contributed by atoms with Crippen LogP contribution in [0.4, 0.5) is 5.13 Å². The number of benzene rings is 1. The molecule has 82 valence electrons. The van der Waals surface area contributed by atoms with E-state index in [9.17, 15) is 4.79 Å². The maximum atomic E-state index is 11.2. The quantitative estimate of drug-likeness (QED) is 0.799. The van der Waals surface area contributed by atoms with Crippen molar-refractivity contribution in [2.24, 2.45) is 0 Å². The third-order valence-corrected chi connectivity index (χ3v) is 2.55. The van der Waals surface area contributed by atoms with Gasteiger partial charge in [-0.25, -0.2) is 4.79 Å². The normalized spacial score (nSPS) is 10.1. The van der Waals surface area contributed by atoms with Gasteiger partial charge in [-0.15, -0.1) is 0 Å². The highest BCUT2D eigenvalue weighted by atomic mass is 32.1. The number of aromatic nitrogens is 2. The van der Waals surface area contributed by atoms with E-state index in [-0.39, 0.29) is 5.97 Å². The van der Waals surface area contributed by atoms with E-state index in [1.165, 1.54) is 7.11 Å². The molecule has 0 fully saturated rings. The van der Waals surface area contributed by atoms with Crippen LogP contribution in [0, 0.1) is 0 Å². The highest BCUT2D eigenvalue weighted by Crippen LogP contribution is 2.19. The van der Waals surface area contributed by atoms with E-state index in [1.807, 2.05) is 0 Å². The SMILES string of the molecule is COC(=O)c1ccc(-c2nsc(N)n2)cc1. The topological polar surface area (TPSA) is 78.1 Å². The Kier molecular flexibility index (Phi) is 2.82. The summed E-state index contributed by atoms with van der Waals surface area (Å²) in [4.78, 5) is 15.2. The van der Waals surface area contributed by atoms with Crippen molar-refractivity contribution in [1.29, 1.82) is 0 Å². The van der Waals surface area contributed by atoms with Crippen LogP contribution < -0.4 is 5.73 Å². The summed E-state index contributed by atoms with van der Waals surface area (Å²) in [6, 6.07) is 6.85. The standard InChI is InChI=1S/C10H9N3O2S/c1-15-9(14)7-4-2-6(3-5-7)8-12-10(11)16-13-8/h2-5H,1H3,(H2,11,12,13). The lowest BCUT2D eigenvalue weighted by atomic mass is 10.1. The number of esters is 1. The Labute approximate surface area is 96.1 Å². The van der Waals surface area contributed by atoms with E-state index in [0.29, 0.717) is 16.5 Å². The summed E-state index contributed by atoms with van der Waals surface area (Å²) in [7, 11) is 1.35. The molecule has 0 aliphatic rings. The molecule has 0 radical (unpaired) electrons. The Morgan fingerprint density at radius 3 is 2.56 bits per heavy atom. The van der Waals surface area contributed by atoms with Gasteiger partial charge >= 0.3 is 5.97 Å². The lowest BCUT2D eigenvalue weighted by Gasteiger charge is -1.99. The average Bonchev–Trinajstić information content (AvgIpc) is 2.75. The largest absolute Gasteiger partial charge is 0.465 e. The van der Waals surface area contributed by atoms with Crippen LogP contribution in [0.3, 0.4) is 0 Å². The van der Waals surface area contributed by atoms with Crippen LogP contribution in [0.5, 0.6) is 0 Å². The second-order valence-electron chi connectivity index (χ2n) is 3.03. The number of nitrogen functional groups attached to an aromatic ring is 1. The summed E-state index contributed by atoms with van der Waals surface area (Å²) in [5.41, 5.74) is 6.80. The highest BCUT2D eigenvalue weighted by Gasteiger charge is 2.07. The van der Waals surface area contributed by atoms with Gasteiger partial charge in [0.15, 0.2) is 11.0 Å². The van der Waals surface area contributed by atoms with Crippen molar-refractivity contribution in [3.63, 3.8) is 0 Å². The van der Waals surface area contributed by atoms with Gasteiger partial charge in [0.05, 0.1) is 12.7 Å². The summed E-state index contributed by atoms with van der Waals surface area (Å²) in [6.07, 6.45) is 0. The van der Waals surface area contributed by atoms with Crippen LogP contribution in [0.25, 0.3) is 11.4 Å². The molecule has 0 atom stereocenters. The lowest BCUT2D eigenvalue weighted by Crippen LogP contribution is -2.00. The molecular formula is C10H9N3O2S. The summed E-state index contributed by atoms with van der Waals surface area (Å²) in [6.45, 7) is 0. The van der Waals surface area contributed by atoms with Crippen molar-refractivity contribution >= 4 is 22.6 Å². The van der Waals surface area contributed by atoms with Crippen LogP contribution in [-0.2, 0) is 4.74 Å². The number of nitrogens with zero attached hydrogens (tertiary/aromatic N) is 2. The van der Waals surface area contributed by atoms with Gasteiger partial charge in [0.2, 0.25) is 0 Å². The van der Waals surface area contributed by atoms with Crippen molar-refractivity contribution in [1.82, 2.24) is 9.36 Å². The number of rotatable bonds is 2. The molecule has 0 aliphatic heterocycles. The van der Waals surface area contributed by atoms with E-state index in [2.05, 4.69) is 14.1 Å². The summed E-state index contributed by atoms with van der Waals surface area (Å²) in [5.74, 6) is 0.205. The van der Waals surface area contributed by atoms with Gasteiger partial charge in [0.25, 0.3) is 0 Å². The van der Waals surface area contributed by atoms with Crippen LogP contribution in [0.1, 0.15) is 10.4 Å². The zero-order valence-corrected chi connectivity index (χ0v) is 9.32. The van der Waals surface area contributed by atoms with Crippen molar-refractivity contribution in [2.45, 2.75) is 0 Å². The van der Waals surface area contributed by atoms with Crippen LogP contribution in [0.15, 0.2) is 24.3 Å². The molecule has 0 spiro atoms. The first kappa shape index (κ1) is 10.6. The molecular weight excluding hydrogens is 226 g/mol. The summed E-state index contributed by atoms with van der Waals surface area (Å²) in [5, 5.41) is 0.423. The van der Waals surface area contributed by atoms with E-state index >= 15 is 0 Å². The molecule has 2 rings (SSSR count). The monoisotopic (exact) mass is 235 g/mol. The van der Waals surface area contributed by atoms with E-state index in [0.717, 1.165) is 17.1 Å². The van der Waals surface area contributed by atoms with Crippen LogP contribution in [-0.4, -0.2) is 22.4 Å².